The molecule has 1 fully saturated rings. The molecule has 2 aliphatic carbocycles. The number of fused-ring (bicyclic) bond motifs is 2. The van der Waals surface area contributed by atoms with Crippen LogP contribution in [-0.4, -0.2) is 12.6 Å². The lowest BCUT2D eigenvalue weighted by atomic mass is 9.95. The molecule has 2 rings (SSSR count). The average Bonchev–Trinajstić information content (AvgIpc) is 2.28. The lowest BCUT2D eigenvalue weighted by Gasteiger charge is -2.16. The molecule has 3 atom stereocenters. The molecule has 0 saturated heterocycles. The summed E-state index contributed by atoms with van der Waals surface area (Å²) in [7, 11) is 0. The predicted octanol–water partition coefficient (Wildman–Crippen LogP) is 2.24. The van der Waals surface area contributed by atoms with E-state index in [-0.39, 0.29) is 6.10 Å². The Morgan fingerprint density at radius 2 is 2.42 bits per heavy atom. The highest BCUT2D eigenvalue weighted by Crippen LogP contribution is 2.43. The molecule has 0 aromatic carbocycles. The number of allylic oxidation sites excluding steroid dienone is 1. The maximum atomic E-state index is 10.2. The summed E-state index contributed by atoms with van der Waals surface area (Å²) in [6.07, 6.45) is 5.68. The quantitative estimate of drug-likeness (QED) is 0.681. The van der Waals surface area contributed by atoms with E-state index in [1.54, 1.807) is 0 Å². The predicted molar refractivity (Wildman–Crippen MR) is 48.8 cm³/mol. The third-order valence-electron chi connectivity index (χ3n) is 2.76. The first-order valence-electron chi connectivity index (χ1n) is 4.25. The second-order valence-electron chi connectivity index (χ2n) is 3.59. The second kappa shape index (κ2) is 3.21. The summed E-state index contributed by atoms with van der Waals surface area (Å²) in [5.74, 6) is 1.18. The fourth-order valence-electron chi connectivity index (χ4n) is 2.28. The van der Waals surface area contributed by atoms with Gasteiger partial charge in [-0.05, 0) is 29.7 Å². The van der Waals surface area contributed by atoms with Crippen molar-refractivity contribution in [1.82, 2.24) is 0 Å². The Bertz CT molecular complexity index is 225. The van der Waals surface area contributed by atoms with Gasteiger partial charge in [-0.1, -0.05) is 22.0 Å². The van der Waals surface area contributed by atoms with Crippen LogP contribution in [0, 0.1) is 11.8 Å². The van der Waals surface area contributed by atoms with Crippen LogP contribution in [0.5, 0.6) is 0 Å². The van der Waals surface area contributed by atoms with E-state index >= 15 is 0 Å². The number of carbonyl (C=O) groups excluding carboxylic acids is 1. The first kappa shape index (κ1) is 8.30. The zero-order chi connectivity index (χ0) is 8.55. The Morgan fingerprint density at radius 3 is 3.17 bits per heavy atom. The van der Waals surface area contributed by atoms with E-state index in [1.165, 1.54) is 10.9 Å². The molecule has 0 N–H and O–H groups in total. The van der Waals surface area contributed by atoms with Crippen LogP contribution in [0.25, 0.3) is 0 Å². The number of hydrogen-bond acceptors (Lipinski definition) is 2. The van der Waals surface area contributed by atoms with Gasteiger partial charge >= 0.3 is 0 Å². The fourth-order valence-corrected chi connectivity index (χ4v) is 3.08. The summed E-state index contributed by atoms with van der Waals surface area (Å²) in [6.45, 7) is 0.576. The Labute approximate surface area is 80.1 Å². The van der Waals surface area contributed by atoms with Gasteiger partial charge in [0.1, 0.15) is 6.10 Å². The SMILES string of the molecule is O=CO[C@@H]1C[C@H]2CC(Br)=C[C@H]1C2. The highest BCUT2D eigenvalue weighted by molar-refractivity contribution is 9.11. The van der Waals surface area contributed by atoms with Gasteiger partial charge in [-0.3, -0.25) is 4.79 Å². The summed E-state index contributed by atoms with van der Waals surface area (Å²) in [5.41, 5.74) is 0. The van der Waals surface area contributed by atoms with Crippen molar-refractivity contribution in [3.8, 4) is 0 Å². The third kappa shape index (κ3) is 1.42. The van der Waals surface area contributed by atoms with Crippen LogP contribution in [0.2, 0.25) is 0 Å². The van der Waals surface area contributed by atoms with Crippen molar-refractivity contribution >= 4 is 22.4 Å². The number of ether oxygens (including phenoxy) is 1. The van der Waals surface area contributed by atoms with Crippen molar-refractivity contribution in [1.29, 1.82) is 0 Å². The molecule has 66 valence electrons. The largest absolute Gasteiger partial charge is 0.464 e. The minimum Gasteiger partial charge on any atom is -0.464 e. The van der Waals surface area contributed by atoms with Gasteiger partial charge in [-0.25, -0.2) is 0 Å². The summed E-state index contributed by atoms with van der Waals surface area (Å²) in [6, 6.07) is 0. The van der Waals surface area contributed by atoms with E-state index in [4.69, 9.17) is 4.74 Å². The number of carbonyl (C=O) groups is 1. The van der Waals surface area contributed by atoms with Gasteiger partial charge in [0.25, 0.3) is 6.47 Å². The molecule has 3 heteroatoms. The van der Waals surface area contributed by atoms with Crippen LogP contribution in [0.15, 0.2) is 10.6 Å². The second-order valence-corrected chi connectivity index (χ2v) is 4.61. The normalized spacial score (nSPS) is 39.1. The molecule has 2 nitrogen and oxygen atoms in total. The molecule has 0 spiro atoms. The Hall–Kier alpha value is -0.310. The summed E-state index contributed by atoms with van der Waals surface area (Å²) < 4.78 is 6.30. The van der Waals surface area contributed by atoms with Crippen LogP contribution in [0.1, 0.15) is 19.3 Å². The molecule has 0 radical (unpaired) electrons. The topological polar surface area (TPSA) is 26.3 Å². The van der Waals surface area contributed by atoms with Crippen molar-refractivity contribution in [3.63, 3.8) is 0 Å². The standard InChI is InChI=1S/C9H11BrO2/c10-8-2-6-1-7(4-8)9(3-6)12-5-11/h4-7,9H,1-3H2/t6-,7-,9-/m1/s1. The smallest absolute Gasteiger partial charge is 0.293 e. The van der Waals surface area contributed by atoms with Crippen LogP contribution in [-0.2, 0) is 9.53 Å². The fraction of sp³-hybridized carbons (Fsp3) is 0.667. The zero-order valence-electron chi connectivity index (χ0n) is 6.70. The highest BCUT2D eigenvalue weighted by atomic mass is 79.9. The first-order valence-corrected chi connectivity index (χ1v) is 5.04. The van der Waals surface area contributed by atoms with Gasteiger partial charge in [0.2, 0.25) is 0 Å². The van der Waals surface area contributed by atoms with Crippen molar-refractivity contribution in [3.05, 3.63) is 10.6 Å². The van der Waals surface area contributed by atoms with Crippen LogP contribution < -0.4 is 0 Å². The highest BCUT2D eigenvalue weighted by Gasteiger charge is 2.37. The van der Waals surface area contributed by atoms with Gasteiger partial charge in [-0.2, -0.15) is 0 Å². The molecule has 0 heterocycles. The Kier molecular flexibility index (Phi) is 2.22. The van der Waals surface area contributed by atoms with Crippen molar-refractivity contribution in [2.24, 2.45) is 11.8 Å². The number of hydrogen-bond donors (Lipinski definition) is 0. The lowest BCUT2D eigenvalue weighted by Crippen LogP contribution is -2.15. The first-order chi connectivity index (χ1) is 5.79. The van der Waals surface area contributed by atoms with Gasteiger partial charge in [-0.15, -0.1) is 0 Å². The maximum Gasteiger partial charge on any atom is 0.293 e. The summed E-state index contributed by atoms with van der Waals surface area (Å²) in [5, 5.41) is 0. The molecule has 0 aromatic rings. The van der Waals surface area contributed by atoms with E-state index in [0.717, 1.165) is 18.8 Å². The number of rotatable bonds is 2. The number of halogens is 1. The van der Waals surface area contributed by atoms with E-state index in [2.05, 4.69) is 22.0 Å². The molecular formula is C9H11BrO2. The van der Waals surface area contributed by atoms with Gasteiger partial charge in [0.15, 0.2) is 0 Å². The van der Waals surface area contributed by atoms with Crippen LogP contribution in [0.4, 0.5) is 0 Å². The maximum absolute atomic E-state index is 10.2. The third-order valence-corrected chi connectivity index (χ3v) is 3.35. The molecule has 2 bridgehead atoms. The molecule has 0 aromatic heterocycles. The van der Waals surface area contributed by atoms with Crippen molar-refractivity contribution < 1.29 is 9.53 Å². The molecule has 12 heavy (non-hydrogen) atoms. The monoisotopic (exact) mass is 230 g/mol. The van der Waals surface area contributed by atoms with E-state index in [0.29, 0.717) is 12.4 Å². The van der Waals surface area contributed by atoms with Gasteiger partial charge < -0.3 is 4.74 Å². The molecule has 0 amide bonds. The summed E-state index contributed by atoms with van der Waals surface area (Å²) >= 11 is 3.50. The minimum atomic E-state index is 0.141. The minimum absolute atomic E-state index is 0.141. The van der Waals surface area contributed by atoms with Crippen molar-refractivity contribution in [2.45, 2.75) is 25.4 Å². The molecule has 2 aliphatic rings. The molecule has 1 saturated carbocycles. The van der Waals surface area contributed by atoms with Crippen LogP contribution >= 0.6 is 15.9 Å². The van der Waals surface area contributed by atoms with Crippen LogP contribution in [0.3, 0.4) is 0 Å². The zero-order valence-corrected chi connectivity index (χ0v) is 8.29. The molecule has 0 unspecified atom stereocenters. The lowest BCUT2D eigenvalue weighted by molar-refractivity contribution is -0.134. The Balaban J connectivity index is 2.09. The van der Waals surface area contributed by atoms with E-state index in [9.17, 15) is 4.79 Å². The van der Waals surface area contributed by atoms with Gasteiger partial charge in [0.05, 0.1) is 0 Å². The van der Waals surface area contributed by atoms with E-state index in [1.807, 2.05) is 0 Å². The summed E-state index contributed by atoms with van der Waals surface area (Å²) in [4.78, 5) is 10.2. The Morgan fingerprint density at radius 1 is 1.58 bits per heavy atom. The van der Waals surface area contributed by atoms with Crippen molar-refractivity contribution in [2.75, 3.05) is 0 Å². The van der Waals surface area contributed by atoms with Gasteiger partial charge in [0, 0.05) is 5.92 Å². The molecule has 0 aliphatic heterocycles. The average molecular weight is 231 g/mol. The van der Waals surface area contributed by atoms with E-state index < -0.39 is 0 Å². The molecular weight excluding hydrogens is 220 g/mol.